The van der Waals surface area contributed by atoms with Crippen LogP contribution in [0, 0.1) is 13.8 Å². The van der Waals surface area contributed by atoms with Crippen molar-refractivity contribution in [3.8, 4) is 0 Å². The minimum absolute atomic E-state index is 0.0607. The number of amides is 1. The summed E-state index contributed by atoms with van der Waals surface area (Å²) in [6.45, 7) is 6.82. The van der Waals surface area contributed by atoms with Crippen LogP contribution in [0.2, 0.25) is 0 Å². The summed E-state index contributed by atoms with van der Waals surface area (Å²) in [6.07, 6.45) is 0.571. The molecule has 1 aliphatic rings. The van der Waals surface area contributed by atoms with Gasteiger partial charge in [-0.25, -0.2) is 4.79 Å². The van der Waals surface area contributed by atoms with Crippen LogP contribution in [-0.2, 0) is 24.8 Å². The number of carbonyl (C=O) groups excluding carboxylic acids is 1. The van der Waals surface area contributed by atoms with Crippen LogP contribution in [0.25, 0.3) is 0 Å². The number of benzene rings is 1. The molecule has 2 heterocycles. The maximum Gasteiger partial charge on any atom is 0.335 e. The van der Waals surface area contributed by atoms with Crippen molar-refractivity contribution in [1.29, 1.82) is 0 Å². The Morgan fingerprint density at radius 2 is 2.00 bits per heavy atom. The van der Waals surface area contributed by atoms with Gasteiger partial charge in [-0.15, -0.1) is 0 Å². The van der Waals surface area contributed by atoms with Gasteiger partial charge in [-0.05, 0) is 44.4 Å². The first-order valence-electron chi connectivity index (χ1n) is 8.44. The van der Waals surface area contributed by atoms with Crippen LogP contribution in [0.3, 0.4) is 0 Å². The van der Waals surface area contributed by atoms with Crippen LogP contribution in [0.5, 0.6) is 0 Å². The van der Waals surface area contributed by atoms with Crippen molar-refractivity contribution >= 4 is 11.9 Å². The lowest BCUT2D eigenvalue weighted by Gasteiger charge is -2.31. The van der Waals surface area contributed by atoms with E-state index in [1.165, 1.54) is 0 Å². The Hall–Kier alpha value is -2.63. The van der Waals surface area contributed by atoms with Crippen molar-refractivity contribution < 1.29 is 14.7 Å². The van der Waals surface area contributed by atoms with Crippen molar-refractivity contribution in [3.05, 3.63) is 51.8 Å². The normalized spacial score (nSPS) is 15.0. The zero-order valence-corrected chi connectivity index (χ0v) is 15.0. The third-order valence-corrected chi connectivity index (χ3v) is 5.18. The summed E-state index contributed by atoms with van der Waals surface area (Å²) in [5.74, 6) is -1.12. The molecule has 1 unspecified atom stereocenters. The number of fused-ring (bicyclic) bond motifs is 1. The number of nitrogens with zero attached hydrogens (tertiary/aromatic N) is 3. The van der Waals surface area contributed by atoms with E-state index in [9.17, 15) is 14.7 Å². The second-order valence-electron chi connectivity index (χ2n) is 6.69. The predicted molar refractivity (Wildman–Crippen MR) is 93.6 cm³/mol. The predicted octanol–water partition coefficient (Wildman–Crippen LogP) is 2.42. The number of hydrogen-bond donors (Lipinski definition) is 1. The average molecular weight is 341 g/mol. The molecule has 0 aliphatic carbocycles. The SMILES string of the molecule is Cc1nn(C)c(C)c1C(C)C(=O)N1CCc2c(cccc2C(=O)O)C1. The molecule has 1 aromatic heterocycles. The fourth-order valence-corrected chi connectivity index (χ4v) is 3.81. The zero-order chi connectivity index (χ0) is 18.3. The molecule has 3 rings (SSSR count). The van der Waals surface area contributed by atoms with Gasteiger partial charge in [-0.3, -0.25) is 9.48 Å². The third-order valence-electron chi connectivity index (χ3n) is 5.18. The van der Waals surface area contributed by atoms with Gasteiger partial charge >= 0.3 is 5.97 Å². The molecular formula is C19H23N3O3. The summed E-state index contributed by atoms with van der Waals surface area (Å²) in [5, 5.41) is 13.7. The maximum atomic E-state index is 13.0. The summed E-state index contributed by atoms with van der Waals surface area (Å²) in [7, 11) is 1.88. The maximum absolute atomic E-state index is 13.0. The molecule has 0 saturated carbocycles. The third kappa shape index (κ3) is 2.92. The molecular weight excluding hydrogens is 318 g/mol. The van der Waals surface area contributed by atoms with E-state index in [0.717, 1.165) is 28.1 Å². The van der Waals surface area contributed by atoms with Crippen LogP contribution in [0.1, 0.15) is 51.3 Å². The Bertz CT molecular complexity index is 854. The van der Waals surface area contributed by atoms with Crippen LogP contribution in [-0.4, -0.2) is 38.2 Å². The fourth-order valence-electron chi connectivity index (χ4n) is 3.81. The molecule has 1 atom stereocenters. The molecule has 0 radical (unpaired) electrons. The fraction of sp³-hybridized carbons (Fsp3) is 0.421. The zero-order valence-electron chi connectivity index (χ0n) is 15.0. The van der Waals surface area contributed by atoms with Crippen molar-refractivity contribution in [2.75, 3.05) is 6.54 Å². The summed E-state index contributed by atoms with van der Waals surface area (Å²) >= 11 is 0. The summed E-state index contributed by atoms with van der Waals surface area (Å²) in [4.78, 5) is 26.2. The molecule has 1 aliphatic heterocycles. The van der Waals surface area contributed by atoms with E-state index >= 15 is 0 Å². The summed E-state index contributed by atoms with van der Waals surface area (Å²) < 4.78 is 1.80. The smallest absolute Gasteiger partial charge is 0.335 e. The number of aromatic nitrogens is 2. The molecule has 0 spiro atoms. The second kappa shape index (κ2) is 6.35. The summed E-state index contributed by atoms with van der Waals surface area (Å²) in [6, 6.07) is 5.28. The molecule has 1 amide bonds. The lowest BCUT2D eigenvalue weighted by Crippen LogP contribution is -2.39. The van der Waals surface area contributed by atoms with Crippen molar-refractivity contribution in [2.24, 2.45) is 7.05 Å². The average Bonchev–Trinajstić information content (AvgIpc) is 2.84. The first kappa shape index (κ1) is 17.2. The van der Waals surface area contributed by atoms with Gasteiger partial charge in [0.2, 0.25) is 5.91 Å². The highest BCUT2D eigenvalue weighted by atomic mass is 16.4. The number of carboxylic acids is 1. The lowest BCUT2D eigenvalue weighted by molar-refractivity contribution is -0.133. The van der Waals surface area contributed by atoms with E-state index < -0.39 is 5.97 Å². The largest absolute Gasteiger partial charge is 0.478 e. The minimum Gasteiger partial charge on any atom is -0.478 e. The molecule has 1 aromatic carbocycles. The molecule has 6 nitrogen and oxygen atoms in total. The highest BCUT2D eigenvalue weighted by molar-refractivity contribution is 5.90. The van der Waals surface area contributed by atoms with Gasteiger partial charge in [0.05, 0.1) is 17.2 Å². The van der Waals surface area contributed by atoms with Gasteiger partial charge in [-0.1, -0.05) is 12.1 Å². The van der Waals surface area contributed by atoms with Gasteiger partial charge in [0.1, 0.15) is 0 Å². The number of hydrogen-bond acceptors (Lipinski definition) is 3. The molecule has 0 saturated heterocycles. The van der Waals surface area contributed by atoms with Gasteiger partial charge in [-0.2, -0.15) is 5.10 Å². The highest BCUT2D eigenvalue weighted by Gasteiger charge is 2.30. The van der Waals surface area contributed by atoms with E-state index in [2.05, 4.69) is 5.10 Å². The van der Waals surface area contributed by atoms with E-state index in [1.807, 2.05) is 38.8 Å². The molecule has 6 heteroatoms. The monoisotopic (exact) mass is 341 g/mol. The first-order valence-corrected chi connectivity index (χ1v) is 8.44. The molecule has 25 heavy (non-hydrogen) atoms. The Morgan fingerprint density at radius 1 is 1.28 bits per heavy atom. The topological polar surface area (TPSA) is 75.4 Å². The van der Waals surface area contributed by atoms with Crippen LogP contribution in [0.4, 0.5) is 0 Å². The van der Waals surface area contributed by atoms with Crippen LogP contribution in [0.15, 0.2) is 18.2 Å². The second-order valence-corrected chi connectivity index (χ2v) is 6.69. The standard InChI is InChI=1S/C19H23N3O3/c1-11(17-12(2)20-21(4)13(17)3)18(23)22-9-8-15-14(10-22)6-5-7-16(15)19(24)25/h5-7,11H,8-10H2,1-4H3,(H,24,25). The molecule has 1 N–H and O–H groups in total. The minimum atomic E-state index is -0.911. The van der Waals surface area contributed by atoms with Crippen LogP contribution >= 0.6 is 0 Å². The Morgan fingerprint density at radius 3 is 2.60 bits per heavy atom. The van der Waals surface area contributed by atoms with Gasteiger partial charge in [0.15, 0.2) is 0 Å². The van der Waals surface area contributed by atoms with E-state index in [1.54, 1.807) is 16.8 Å². The Kier molecular flexibility index (Phi) is 4.37. The molecule has 132 valence electrons. The van der Waals surface area contributed by atoms with E-state index in [-0.39, 0.29) is 11.8 Å². The number of carbonyl (C=O) groups is 2. The number of aromatic carboxylic acids is 1. The van der Waals surface area contributed by atoms with Crippen molar-refractivity contribution in [3.63, 3.8) is 0 Å². The molecule has 0 fully saturated rings. The van der Waals surface area contributed by atoms with Crippen molar-refractivity contribution in [1.82, 2.24) is 14.7 Å². The van der Waals surface area contributed by atoms with Crippen LogP contribution < -0.4 is 0 Å². The van der Waals surface area contributed by atoms with Gasteiger partial charge in [0.25, 0.3) is 0 Å². The molecule has 2 aromatic rings. The quantitative estimate of drug-likeness (QED) is 0.930. The number of aryl methyl sites for hydroxylation is 2. The molecule has 0 bridgehead atoms. The number of carboxylic acid groups (broad SMARTS) is 1. The van der Waals surface area contributed by atoms with E-state index in [0.29, 0.717) is 25.1 Å². The van der Waals surface area contributed by atoms with Gasteiger partial charge < -0.3 is 10.0 Å². The highest BCUT2D eigenvalue weighted by Crippen LogP contribution is 2.28. The van der Waals surface area contributed by atoms with Gasteiger partial charge in [0, 0.05) is 31.4 Å². The first-order chi connectivity index (χ1) is 11.8. The lowest BCUT2D eigenvalue weighted by atomic mass is 9.92. The Labute approximate surface area is 147 Å². The Balaban J connectivity index is 1.85. The number of rotatable bonds is 3. The van der Waals surface area contributed by atoms with E-state index in [4.69, 9.17) is 0 Å². The van der Waals surface area contributed by atoms with Crippen molar-refractivity contribution in [2.45, 2.75) is 39.7 Å². The summed E-state index contributed by atoms with van der Waals surface area (Å²) in [5.41, 5.74) is 4.98.